The number of ether oxygens (including phenoxy) is 1. The average Bonchev–Trinajstić information content (AvgIpc) is 3.27. The minimum Gasteiger partial charge on any atom is -0.457 e. The number of aromatic nitrogens is 1. The van der Waals surface area contributed by atoms with Gasteiger partial charge < -0.3 is 19.8 Å². The number of fused-ring (bicyclic) bond motifs is 1. The number of aliphatic imine (C=N–C) groups is 1. The van der Waals surface area contributed by atoms with E-state index in [1.165, 1.54) is 0 Å². The van der Waals surface area contributed by atoms with E-state index in [4.69, 9.17) is 9.15 Å². The summed E-state index contributed by atoms with van der Waals surface area (Å²) in [5.74, 6) is 2.38. The molecule has 2 N–H and O–H groups in total. The largest absolute Gasteiger partial charge is 0.457 e. The summed E-state index contributed by atoms with van der Waals surface area (Å²) in [5, 5.41) is 7.38. The first-order chi connectivity index (χ1) is 12.3. The van der Waals surface area contributed by atoms with Gasteiger partial charge in [0.15, 0.2) is 16.7 Å². The number of guanidine groups is 1. The Bertz CT molecular complexity index is 807. The molecule has 1 aromatic carbocycles. The van der Waals surface area contributed by atoms with E-state index in [-0.39, 0.29) is 0 Å². The van der Waals surface area contributed by atoms with Gasteiger partial charge >= 0.3 is 0 Å². The molecule has 0 aliphatic heterocycles. The maximum Gasteiger partial charge on any atom is 0.191 e. The van der Waals surface area contributed by atoms with Crippen LogP contribution in [0.15, 0.2) is 45.8 Å². The molecule has 3 rings (SSSR count). The first-order valence-electron chi connectivity index (χ1n) is 8.18. The highest BCUT2D eigenvalue weighted by Gasteiger charge is 2.10. The number of hydrogen-bond donors (Lipinski definition) is 2. The number of rotatable bonds is 7. The van der Waals surface area contributed by atoms with E-state index >= 15 is 0 Å². The summed E-state index contributed by atoms with van der Waals surface area (Å²) < 4.78 is 12.1. The van der Waals surface area contributed by atoms with Crippen LogP contribution in [0.25, 0.3) is 21.0 Å². The smallest absolute Gasteiger partial charge is 0.191 e. The van der Waals surface area contributed by atoms with E-state index in [9.17, 15) is 0 Å². The molecule has 0 amide bonds. The molecular formula is C18H22N4O2S. The Labute approximate surface area is 150 Å². The molecule has 0 aliphatic rings. The highest BCUT2D eigenvalue weighted by molar-refractivity contribution is 7.21. The van der Waals surface area contributed by atoms with Gasteiger partial charge in [-0.1, -0.05) is 12.1 Å². The number of benzene rings is 1. The lowest BCUT2D eigenvalue weighted by Gasteiger charge is -2.10. The summed E-state index contributed by atoms with van der Waals surface area (Å²) >= 11 is 1.64. The van der Waals surface area contributed by atoms with Crippen LogP contribution < -0.4 is 10.6 Å². The number of nitrogens with one attached hydrogen (secondary N) is 2. The van der Waals surface area contributed by atoms with Gasteiger partial charge in [-0.05, 0) is 30.7 Å². The molecule has 132 valence electrons. The van der Waals surface area contributed by atoms with Gasteiger partial charge in [0.1, 0.15) is 5.76 Å². The van der Waals surface area contributed by atoms with Gasteiger partial charge in [0.2, 0.25) is 0 Å². The van der Waals surface area contributed by atoms with E-state index in [0.717, 1.165) is 52.3 Å². The Morgan fingerprint density at radius 3 is 2.92 bits per heavy atom. The van der Waals surface area contributed by atoms with Crippen molar-refractivity contribution in [2.24, 2.45) is 4.99 Å². The first kappa shape index (κ1) is 17.4. The van der Waals surface area contributed by atoms with Gasteiger partial charge in [-0.3, -0.25) is 4.99 Å². The summed E-state index contributed by atoms with van der Waals surface area (Å²) in [6.07, 6.45) is 0.930. The molecule has 0 aliphatic carbocycles. The van der Waals surface area contributed by atoms with Crippen LogP contribution in [0.2, 0.25) is 0 Å². The molecule has 2 aromatic heterocycles. The number of thiazole rings is 1. The maximum absolute atomic E-state index is 5.92. The highest BCUT2D eigenvalue weighted by Crippen LogP contribution is 2.30. The molecule has 0 spiro atoms. The second kappa shape index (κ2) is 8.64. The minimum atomic E-state index is 0.564. The molecule has 0 radical (unpaired) electrons. The van der Waals surface area contributed by atoms with Crippen molar-refractivity contribution in [1.82, 2.24) is 15.6 Å². The predicted octanol–water partition coefficient (Wildman–Crippen LogP) is 3.26. The van der Waals surface area contributed by atoms with Crippen LogP contribution in [0.5, 0.6) is 0 Å². The third kappa shape index (κ3) is 4.58. The van der Waals surface area contributed by atoms with Crippen molar-refractivity contribution in [3.63, 3.8) is 0 Å². The number of nitrogens with zero attached hydrogens (tertiary/aromatic N) is 2. The zero-order chi connectivity index (χ0) is 17.5. The average molecular weight is 358 g/mol. The number of hydrogen-bond acceptors (Lipinski definition) is 5. The molecule has 0 unspecified atom stereocenters. The van der Waals surface area contributed by atoms with E-state index in [1.54, 1.807) is 25.5 Å². The molecular weight excluding hydrogens is 336 g/mol. The van der Waals surface area contributed by atoms with Crippen molar-refractivity contribution in [1.29, 1.82) is 0 Å². The zero-order valence-electron chi connectivity index (χ0n) is 14.4. The van der Waals surface area contributed by atoms with Gasteiger partial charge in [0, 0.05) is 27.3 Å². The molecule has 25 heavy (non-hydrogen) atoms. The van der Waals surface area contributed by atoms with E-state index in [0.29, 0.717) is 6.54 Å². The van der Waals surface area contributed by atoms with Crippen molar-refractivity contribution in [3.05, 3.63) is 42.2 Å². The SMILES string of the molecule is CN=C(NCCCOC)NCc1ccc(-c2nc3ccccc3s2)o1. The van der Waals surface area contributed by atoms with Gasteiger partial charge in [0.05, 0.1) is 16.8 Å². The molecule has 0 saturated heterocycles. The maximum atomic E-state index is 5.92. The molecule has 7 heteroatoms. The molecule has 0 saturated carbocycles. The van der Waals surface area contributed by atoms with Gasteiger partial charge in [-0.15, -0.1) is 11.3 Å². The quantitative estimate of drug-likeness (QED) is 0.385. The minimum absolute atomic E-state index is 0.564. The van der Waals surface area contributed by atoms with Gasteiger partial charge in [-0.25, -0.2) is 4.98 Å². The van der Waals surface area contributed by atoms with Crippen molar-refractivity contribution >= 4 is 27.5 Å². The zero-order valence-corrected chi connectivity index (χ0v) is 15.2. The van der Waals surface area contributed by atoms with Crippen molar-refractivity contribution < 1.29 is 9.15 Å². The Kier molecular flexibility index (Phi) is 6.03. The van der Waals surface area contributed by atoms with Crippen LogP contribution in [0.3, 0.4) is 0 Å². The summed E-state index contributed by atoms with van der Waals surface area (Å²) in [6, 6.07) is 12.0. The van der Waals surface area contributed by atoms with E-state index < -0.39 is 0 Å². The Balaban J connectivity index is 1.58. The lowest BCUT2D eigenvalue weighted by Crippen LogP contribution is -2.37. The van der Waals surface area contributed by atoms with E-state index in [2.05, 4.69) is 26.7 Å². The Hall–Kier alpha value is -2.38. The fraction of sp³-hybridized carbons (Fsp3) is 0.333. The first-order valence-corrected chi connectivity index (χ1v) is 9.00. The van der Waals surface area contributed by atoms with Crippen molar-refractivity contribution in [3.8, 4) is 10.8 Å². The third-order valence-electron chi connectivity index (χ3n) is 3.64. The summed E-state index contributed by atoms with van der Waals surface area (Å²) in [6.45, 7) is 2.10. The Morgan fingerprint density at radius 1 is 1.24 bits per heavy atom. The summed E-state index contributed by atoms with van der Waals surface area (Å²) in [7, 11) is 3.45. The second-order valence-corrected chi connectivity index (χ2v) is 6.48. The van der Waals surface area contributed by atoms with Crippen LogP contribution in [-0.4, -0.2) is 38.3 Å². The van der Waals surface area contributed by atoms with Crippen LogP contribution in [0, 0.1) is 0 Å². The second-order valence-electron chi connectivity index (χ2n) is 5.45. The number of furan rings is 1. The number of methoxy groups -OCH3 is 1. The van der Waals surface area contributed by atoms with Crippen LogP contribution in [0.4, 0.5) is 0 Å². The normalized spacial score (nSPS) is 11.8. The molecule has 0 atom stereocenters. The summed E-state index contributed by atoms with van der Waals surface area (Å²) in [5.41, 5.74) is 0.999. The van der Waals surface area contributed by atoms with Crippen LogP contribution in [-0.2, 0) is 11.3 Å². The number of para-hydroxylation sites is 1. The molecule has 6 nitrogen and oxygen atoms in total. The molecule has 0 bridgehead atoms. The predicted molar refractivity (Wildman–Crippen MR) is 102 cm³/mol. The molecule has 2 heterocycles. The fourth-order valence-electron chi connectivity index (χ4n) is 2.38. The monoisotopic (exact) mass is 358 g/mol. The summed E-state index contributed by atoms with van der Waals surface area (Å²) in [4.78, 5) is 8.82. The lowest BCUT2D eigenvalue weighted by atomic mass is 10.3. The van der Waals surface area contributed by atoms with Crippen LogP contribution in [0.1, 0.15) is 12.2 Å². The van der Waals surface area contributed by atoms with Gasteiger partial charge in [0.25, 0.3) is 0 Å². The van der Waals surface area contributed by atoms with Crippen molar-refractivity contribution in [2.75, 3.05) is 27.3 Å². The topological polar surface area (TPSA) is 71.7 Å². The third-order valence-corrected chi connectivity index (χ3v) is 4.69. The standard InChI is InChI=1S/C18H22N4O2S/c1-19-18(20-10-5-11-23-2)21-12-13-8-9-15(24-13)17-22-14-6-3-4-7-16(14)25-17/h3-4,6-9H,5,10-12H2,1-2H3,(H2,19,20,21). The fourth-order valence-corrected chi connectivity index (χ4v) is 3.31. The van der Waals surface area contributed by atoms with Crippen molar-refractivity contribution in [2.45, 2.75) is 13.0 Å². The van der Waals surface area contributed by atoms with Crippen LogP contribution >= 0.6 is 11.3 Å². The van der Waals surface area contributed by atoms with E-state index in [1.807, 2.05) is 30.3 Å². The molecule has 0 fully saturated rings. The molecule has 3 aromatic rings. The van der Waals surface area contributed by atoms with Gasteiger partial charge in [-0.2, -0.15) is 0 Å². The Morgan fingerprint density at radius 2 is 2.12 bits per heavy atom. The lowest BCUT2D eigenvalue weighted by molar-refractivity contribution is 0.195. The highest BCUT2D eigenvalue weighted by atomic mass is 32.1.